The first-order valence-corrected chi connectivity index (χ1v) is 9.49. The second-order valence-corrected chi connectivity index (χ2v) is 7.68. The number of nitrogens with zero attached hydrogens (tertiary/aromatic N) is 2. The molecule has 1 aromatic carbocycles. The number of hydrogen-bond acceptors (Lipinski definition) is 7. The van der Waals surface area contributed by atoms with Crippen LogP contribution in [0.4, 0.5) is 5.69 Å². The minimum absolute atomic E-state index is 0.202. The molecule has 1 aliphatic rings. The van der Waals surface area contributed by atoms with Gasteiger partial charge in [0.1, 0.15) is 10.0 Å². The van der Waals surface area contributed by atoms with E-state index >= 15 is 0 Å². The van der Waals surface area contributed by atoms with Crippen molar-refractivity contribution < 1.29 is 9.59 Å². The number of nitrogens with one attached hydrogen (secondary N) is 3. The van der Waals surface area contributed by atoms with E-state index in [0.717, 1.165) is 28.2 Å². The van der Waals surface area contributed by atoms with Crippen LogP contribution in [0, 0.1) is 0 Å². The molecule has 2 amide bonds. The second-order valence-electron chi connectivity index (χ2n) is 5.67. The van der Waals surface area contributed by atoms with Crippen LogP contribution < -0.4 is 16.0 Å². The van der Waals surface area contributed by atoms with E-state index in [2.05, 4.69) is 26.1 Å². The van der Waals surface area contributed by atoms with E-state index in [4.69, 9.17) is 0 Å². The molecule has 1 fully saturated rings. The fourth-order valence-corrected chi connectivity index (χ4v) is 4.22. The molecular weight excluding hydrogens is 358 g/mol. The van der Waals surface area contributed by atoms with Crippen LogP contribution in [0.1, 0.15) is 15.9 Å². The molecule has 3 N–H and O–H groups in total. The molecule has 0 unspecified atom stereocenters. The SMILES string of the molecule is O=C(NCc1nnc(C2CNC2)s1)C(=O)Nc1cccc2ccsc12. The zero-order valence-electron chi connectivity index (χ0n) is 13.1. The van der Waals surface area contributed by atoms with Crippen LogP contribution in [0.5, 0.6) is 0 Å². The van der Waals surface area contributed by atoms with Gasteiger partial charge < -0.3 is 16.0 Å². The molecule has 25 heavy (non-hydrogen) atoms. The summed E-state index contributed by atoms with van der Waals surface area (Å²) in [5, 5.41) is 21.3. The lowest BCUT2D eigenvalue weighted by atomic mass is 10.1. The van der Waals surface area contributed by atoms with Crippen LogP contribution in [0.25, 0.3) is 10.1 Å². The number of rotatable bonds is 4. The van der Waals surface area contributed by atoms with Gasteiger partial charge in [0.05, 0.1) is 16.9 Å². The van der Waals surface area contributed by atoms with Gasteiger partial charge in [0, 0.05) is 19.0 Å². The van der Waals surface area contributed by atoms with Gasteiger partial charge in [-0.25, -0.2) is 0 Å². The molecule has 4 rings (SSSR count). The minimum Gasteiger partial charge on any atom is -0.341 e. The van der Waals surface area contributed by atoms with E-state index in [0.29, 0.717) is 16.6 Å². The Labute approximate surface area is 151 Å². The highest BCUT2D eigenvalue weighted by Gasteiger charge is 2.23. The summed E-state index contributed by atoms with van der Waals surface area (Å²) in [6.07, 6.45) is 0. The number of hydrogen-bond donors (Lipinski definition) is 3. The number of fused-ring (bicyclic) bond motifs is 1. The van der Waals surface area contributed by atoms with E-state index in [1.54, 1.807) is 6.07 Å². The lowest BCUT2D eigenvalue weighted by molar-refractivity contribution is -0.136. The van der Waals surface area contributed by atoms with Crippen LogP contribution in [0.3, 0.4) is 0 Å². The maximum absolute atomic E-state index is 12.1. The first-order chi connectivity index (χ1) is 12.2. The third-order valence-electron chi connectivity index (χ3n) is 3.95. The van der Waals surface area contributed by atoms with E-state index in [9.17, 15) is 9.59 Å². The molecule has 3 heterocycles. The topological polar surface area (TPSA) is 96.0 Å². The molecule has 9 heteroatoms. The second kappa shape index (κ2) is 6.87. The van der Waals surface area contributed by atoms with Gasteiger partial charge in [0.2, 0.25) is 0 Å². The number of amides is 2. The van der Waals surface area contributed by atoms with Crippen molar-refractivity contribution in [3.63, 3.8) is 0 Å². The van der Waals surface area contributed by atoms with Crippen LogP contribution >= 0.6 is 22.7 Å². The van der Waals surface area contributed by atoms with Crippen molar-refractivity contribution in [1.29, 1.82) is 0 Å². The van der Waals surface area contributed by atoms with Gasteiger partial charge in [-0.05, 0) is 22.9 Å². The molecule has 0 saturated carbocycles. The summed E-state index contributed by atoms with van der Waals surface area (Å²) in [6.45, 7) is 2.03. The largest absolute Gasteiger partial charge is 0.341 e. The van der Waals surface area contributed by atoms with Gasteiger partial charge in [-0.1, -0.05) is 23.5 Å². The van der Waals surface area contributed by atoms with Crippen molar-refractivity contribution in [3.05, 3.63) is 39.7 Å². The maximum Gasteiger partial charge on any atom is 0.313 e. The highest BCUT2D eigenvalue weighted by molar-refractivity contribution is 7.17. The Kier molecular flexibility index (Phi) is 4.43. The van der Waals surface area contributed by atoms with Gasteiger partial charge in [0.25, 0.3) is 0 Å². The summed E-state index contributed by atoms with van der Waals surface area (Å²) < 4.78 is 0.950. The lowest BCUT2D eigenvalue weighted by Crippen LogP contribution is -2.39. The smallest absolute Gasteiger partial charge is 0.313 e. The molecule has 0 atom stereocenters. The lowest BCUT2D eigenvalue weighted by Gasteiger charge is -2.23. The molecule has 1 saturated heterocycles. The standard InChI is InChI=1S/C16H15N5O2S2/c22-14(18-8-12-20-21-16(25-12)10-6-17-7-10)15(23)19-11-3-1-2-9-4-5-24-13(9)11/h1-5,10,17H,6-8H2,(H,18,22)(H,19,23). The van der Waals surface area contributed by atoms with E-state index < -0.39 is 11.8 Å². The number of thiophene rings is 1. The normalized spacial score (nSPS) is 14.2. The van der Waals surface area contributed by atoms with Crippen molar-refractivity contribution in [1.82, 2.24) is 20.8 Å². The Balaban J connectivity index is 1.35. The molecule has 7 nitrogen and oxygen atoms in total. The predicted octanol–water partition coefficient (Wildman–Crippen LogP) is 1.69. The average Bonchev–Trinajstić information content (AvgIpc) is 3.20. The minimum atomic E-state index is -0.686. The number of anilines is 1. The predicted molar refractivity (Wildman–Crippen MR) is 97.8 cm³/mol. The summed E-state index contributed by atoms with van der Waals surface area (Å²) in [7, 11) is 0. The average molecular weight is 373 g/mol. The Morgan fingerprint density at radius 3 is 2.88 bits per heavy atom. The summed E-state index contributed by atoms with van der Waals surface area (Å²) in [5.41, 5.74) is 0.642. The van der Waals surface area contributed by atoms with Crippen molar-refractivity contribution in [2.75, 3.05) is 18.4 Å². The van der Waals surface area contributed by atoms with Gasteiger partial charge in [-0.15, -0.1) is 21.5 Å². The van der Waals surface area contributed by atoms with Crippen molar-refractivity contribution in [2.45, 2.75) is 12.5 Å². The molecule has 0 radical (unpaired) electrons. The van der Waals surface area contributed by atoms with Crippen LogP contribution in [0.15, 0.2) is 29.6 Å². The van der Waals surface area contributed by atoms with E-state index in [1.807, 2.05) is 23.6 Å². The molecule has 0 spiro atoms. The number of aromatic nitrogens is 2. The monoisotopic (exact) mass is 373 g/mol. The zero-order chi connectivity index (χ0) is 17.2. The van der Waals surface area contributed by atoms with Crippen molar-refractivity contribution in [2.24, 2.45) is 0 Å². The third-order valence-corrected chi connectivity index (χ3v) is 6.00. The van der Waals surface area contributed by atoms with Gasteiger partial charge in [-0.2, -0.15) is 0 Å². The van der Waals surface area contributed by atoms with Crippen LogP contribution in [0.2, 0.25) is 0 Å². The fraction of sp³-hybridized carbons (Fsp3) is 0.250. The first-order valence-electron chi connectivity index (χ1n) is 7.79. The molecule has 0 aliphatic carbocycles. The van der Waals surface area contributed by atoms with Crippen molar-refractivity contribution in [3.8, 4) is 0 Å². The summed E-state index contributed by atoms with van der Waals surface area (Å²) in [6, 6.07) is 7.57. The van der Waals surface area contributed by atoms with Gasteiger partial charge in [0.15, 0.2) is 0 Å². The quantitative estimate of drug-likeness (QED) is 0.605. The van der Waals surface area contributed by atoms with Gasteiger partial charge in [-0.3, -0.25) is 9.59 Å². The number of carbonyl (C=O) groups is 2. The highest BCUT2D eigenvalue weighted by atomic mass is 32.1. The molecule has 2 aromatic heterocycles. The maximum atomic E-state index is 12.1. The fourth-order valence-electron chi connectivity index (χ4n) is 2.47. The molecule has 128 valence electrons. The van der Waals surface area contributed by atoms with E-state index in [1.165, 1.54) is 22.7 Å². The summed E-state index contributed by atoms with van der Waals surface area (Å²) in [4.78, 5) is 24.1. The van der Waals surface area contributed by atoms with Crippen LogP contribution in [-0.4, -0.2) is 35.1 Å². The molecule has 1 aliphatic heterocycles. The number of carbonyl (C=O) groups excluding carboxylic acids is 2. The highest BCUT2D eigenvalue weighted by Crippen LogP contribution is 2.28. The zero-order valence-corrected chi connectivity index (χ0v) is 14.7. The van der Waals surface area contributed by atoms with Crippen LogP contribution in [-0.2, 0) is 16.1 Å². The Hall–Kier alpha value is -2.36. The Morgan fingerprint density at radius 2 is 2.08 bits per heavy atom. The Bertz CT molecular complexity index is 931. The van der Waals surface area contributed by atoms with Crippen molar-refractivity contribution >= 4 is 50.3 Å². The Morgan fingerprint density at radius 1 is 1.20 bits per heavy atom. The van der Waals surface area contributed by atoms with E-state index in [-0.39, 0.29) is 6.54 Å². The summed E-state index contributed by atoms with van der Waals surface area (Å²) in [5.74, 6) is -0.957. The first kappa shape index (κ1) is 16.1. The number of benzene rings is 1. The van der Waals surface area contributed by atoms with Gasteiger partial charge >= 0.3 is 11.8 Å². The molecule has 3 aromatic rings. The summed E-state index contributed by atoms with van der Waals surface area (Å²) >= 11 is 2.99. The molecular formula is C16H15N5O2S2. The third kappa shape index (κ3) is 3.39. The molecule has 0 bridgehead atoms.